The first-order valence-electron chi connectivity index (χ1n) is 6.23. The monoisotopic (exact) mass is 299 g/mol. The summed E-state index contributed by atoms with van der Waals surface area (Å²) in [6.07, 6.45) is 0.985. The topological polar surface area (TPSA) is 107 Å². The van der Waals surface area contributed by atoms with Crippen molar-refractivity contribution >= 4 is 21.4 Å². The number of nitro groups is 1. The van der Waals surface area contributed by atoms with Crippen molar-refractivity contribution < 1.29 is 13.3 Å². The Morgan fingerprint density at radius 2 is 2.10 bits per heavy atom. The maximum Gasteiger partial charge on any atom is 0.289 e. The summed E-state index contributed by atoms with van der Waals surface area (Å²) in [4.78, 5) is 9.91. The number of sulfonamides is 1. The first-order valence-corrected chi connectivity index (χ1v) is 7.67. The van der Waals surface area contributed by atoms with Gasteiger partial charge in [0.25, 0.3) is 5.69 Å². The number of anilines is 1. The zero-order chi connectivity index (χ0) is 15.1. The lowest BCUT2D eigenvalue weighted by Gasteiger charge is -2.17. The Hall–Kier alpha value is -1.67. The van der Waals surface area contributed by atoms with E-state index in [9.17, 15) is 18.5 Å². The second-order valence-corrected chi connectivity index (χ2v) is 7.26. The first-order chi connectivity index (χ1) is 9.23. The van der Waals surface area contributed by atoms with Crippen LogP contribution in [0, 0.1) is 22.0 Å². The van der Waals surface area contributed by atoms with E-state index in [1.165, 1.54) is 17.4 Å². The Kier molecular flexibility index (Phi) is 3.70. The number of rotatable bonds is 5. The van der Waals surface area contributed by atoms with Gasteiger partial charge in [0.1, 0.15) is 0 Å². The molecule has 0 aliphatic heterocycles. The highest BCUT2D eigenvalue weighted by Crippen LogP contribution is 2.39. The van der Waals surface area contributed by atoms with Gasteiger partial charge in [0.15, 0.2) is 4.90 Å². The molecule has 110 valence electrons. The molecule has 1 fully saturated rings. The SMILES string of the molecule is CC1CC1CN(C)S(=O)(=O)c1cc(N)ccc1[N+](=O)[O-]. The molecular formula is C12H17N3O4S. The van der Waals surface area contributed by atoms with Crippen molar-refractivity contribution in [2.75, 3.05) is 19.3 Å². The number of hydrogen-bond acceptors (Lipinski definition) is 5. The second kappa shape index (κ2) is 5.02. The van der Waals surface area contributed by atoms with Gasteiger partial charge in [-0.1, -0.05) is 6.92 Å². The van der Waals surface area contributed by atoms with Crippen LogP contribution in [0.1, 0.15) is 13.3 Å². The number of nitrogens with zero attached hydrogens (tertiary/aromatic N) is 2. The minimum absolute atomic E-state index is 0.183. The Labute approximate surface area is 117 Å². The van der Waals surface area contributed by atoms with Crippen LogP contribution < -0.4 is 5.73 Å². The number of nitro benzene ring substituents is 1. The molecule has 0 radical (unpaired) electrons. The van der Waals surface area contributed by atoms with Gasteiger partial charge < -0.3 is 5.73 Å². The molecule has 2 unspecified atom stereocenters. The van der Waals surface area contributed by atoms with Crippen molar-refractivity contribution in [1.82, 2.24) is 4.31 Å². The summed E-state index contributed by atoms with van der Waals surface area (Å²) in [5.41, 5.74) is 5.29. The Morgan fingerprint density at radius 3 is 2.60 bits per heavy atom. The molecule has 8 heteroatoms. The number of nitrogens with two attached hydrogens (primary N) is 1. The van der Waals surface area contributed by atoms with Gasteiger partial charge in [-0.15, -0.1) is 0 Å². The minimum atomic E-state index is -3.90. The smallest absolute Gasteiger partial charge is 0.289 e. The molecule has 0 heterocycles. The van der Waals surface area contributed by atoms with Crippen LogP contribution in [0.15, 0.2) is 23.1 Å². The quantitative estimate of drug-likeness (QED) is 0.503. The molecule has 2 rings (SSSR count). The third-order valence-corrected chi connectivity index (χ3v) is 5.49. The van der Waals surface area contributed by atoms with Gasteiger partial charge in [0, 0.05) is 25.3 Å². The average Bonchev–Trinajstić information content (AvgIpc) is 3.04. The van der Waals surface area contributed by atoms with E-state index in [2.05, 4.69) is 0 Å². The summed E-state index contributed by atoms with van der Waals surface area (Å²) in [6.45, 7) is 2.42. The fourth-order valence-corrected chi connectivity index (χ4v) is 3.55. The molecule has 7 nitrogen and oxygen atoms in total. The molecule has 1 aromatic carbocycles. The largest absolute Gasteiger partial charge is 0.399 e. The highest BCUT2D eigenvalue weighted by molar-refractivity contribution is 7.89. The van der Waals surface area contributed by atoms with Crippen LogP contribution in [-0.4, -0.2) is 31.2 Å². The van der Waals surface area contributed by atoms with E-state index in [0.29, 0.717) is 18.4 Å². The van der Waals surface area contributed by atoms with Crippen LogP contribution in [0.4, 0.5) is 11.4 Å². The van der Waals surface area contributed by atoms with E-state index >= 15 is 0 Å². The highest BCUT2D eigenvalue weighted by Gasteiger charge is 2.37. The molecule has 1 saturated carbocycles. The number of hydrogen-bond donors (Lipinski definition) is 1. The lowest BCUT2D eigenvalue weighted by molar-refractivity contribution is -0.387. The number of nitrogen functional groups attached to an aromatic ring is 1. The third-order valence-electron chi connectivity index (χ3n) is 3.64. The van der Waals surface area contributed by atoms with Gasteiger partial charge in [0.05, 0.1) is 4.92 Å². The van der Waals surface area contributed by atoms with Crippen LogP contribution in [0.3, 0.4) is 0 Å². The summed E-state index contributed by atoms with van der Waals surface area (Å²) in [7, 11) is -2.47. The Morgan fingerprint density at radius 1 is 1.50 bits per heavy atom. The highest BCUT2D eigenvalue weighted by atomic mass is 32.2. The van der Waals surface area contributed by atoms with Crippen molar-refractivity contribution in [1.29, 1.82) is 0 Å². The molecular weight excluding hydrogens is 282 g/mol. The van der Waals surface area contributed by atoms with Crippen molar-refractivity contribution in [3.63, 3.8) is 0 Å². The van der Waals surface area contributed by atoms with Gasteiger partial charge in [-0.2, -0.15) is 0 Å². The van der Waals surface area contributed by atoms with Gasteiger partial charge >= 0.3 is 0 Å². The molecule has 2 N–H and O–H groups in total. The summed E-state index contributed by atoms with van der Waals surface area (Å²) < 4.78 is 26.1. The molecule has 2 atom stereocenters. The van der Waals surface area contributed by atoms with E-state index in [-0.39, 0.29) is 10.6 Å². The van der Waals surface area contributed by atoms with Crippen molar-refractivity contribution in [3.05, 3.63) is 28.3 Å². The van der Waals surface area contributed by atoms with Crippen LogP contribution in [0.5, 0.6) is 0 Å². The predicted molar refractivity (Wildman–Crippen MR) is 74.6 cm³/mol. The van der Waals surface area contributed by atoms with Gasteiger partial charge in [-0.25, -0.2) is 12.7 Å². The van der Waals surface area contributed by atoms with E-state index in [0.717, 1.165) is 18.6 Å². The Balaban J connectivity index is 2.37. The zero-order valence-corrected chi connectivity index (χ0v) is 12.1. The molecule has 20 heavy (non-hydrogen) atoms. The maximum absolute atomic E-state index is 12.4. The predicted octanol–water partition coefficient (Wildman–Crippen LogP) is 1.45. The molecule has 0 amide bonds. The fourth-order valence-electron chi connectivity index (χ4n) is 2.14. The van der Waals surface area contributed by atoms with E-state index in [4.69, 9.17) is 5.73 Å². The van der Waals surface area contributed by atoms with Crippen LogP contribution in [-0.2, 0) is 10.0 Å². The van der Waals surface area contributed by atoms with Gasteiger partial charge in [0.2, 0.25) is 10.0 Å². The first kappa shape index (κ1) is 14.7. The lowest BCUT2D eigenvalue weighted by Crippen LogP contribution is -2.29. The van der Waals surface area contributed by atoms with E-state index in [1.54, 1.807) is 0 Å². The normalized spacial score (nSPS) is 21.9. The summed E-state index contributed by atoms with van der Waals surface area (Å²) in [6, 6.07) is 3.58. The Bertz CT molecular complexity index is 644. The number of benzene rings is 1. The maximum atomic E-state index is 12.4. The van der Waals surface area contributed by atoms with Gasteiger partial charge in [-0.3, -0.25) is 10.1 Å². The summed E-state index contributed by atoms with van der Waals surface area (Å²) in [5, 5.41) is 11.0. The molecule has 0 bridgehead atoms. The van der Waals surface area contributed by atoms with Crippen molar-refractivity contribution in [2.45, 2.75) is 18.2 Å². The lowest BCUT2D eigenvalue weighted by atomic mass is 10.3. The van der Waals surface area contributed by atoms with Gasteiger partial charge in [-0.05, 0) is 30.4 Å². The second-order valence-electron chi connectivity index (χ2n) is 5.24. The fraction of sp³-hybridized carbons (Fsp3) is 0.500. The van der Waals surface area contributed by atoms with Crippen LogP contribution in [0.2, 0.25) is 0 Å². The standard InChI is InChI=1S/C12H17N3O4S/c1-8-5-9(8)7-14(2)20(18,19)12-6-10(13)3-4-11(12)15(16)17/h3-4,6,8-9H,5,7,13H2,1-2H3. The van der Waals surface area contributed by atoms with E-state index < -0.39 is 20.6 Å². The molecule has 1 aromatic rings. The molecule has 0 spiro atoms. The van der Waals surface area contributed by atoms with Crippen LogP contribution >= 0.6 is 0 Å². The molecule has 0 saturated heterocycles. The summed E-state index contributed by atoms with van der Waals surface area (Å²) >= 11 is 0. The molecule has 1 aliphatic rings. The van der Waals surface area contributed by atoms with Crippen molar-refractivity contribution in [3.8, 4) is 0 Å². The minimum Gasteiger partial charge on any atom is -0.399 e. The summed E-state index contributed by atoms with van der Waals surface area (Å²) in [5.74, 6) is 0.832. The zero-order valence-electron chi connectivity index (χ0n) is 11.3. The third kappa shape index (κ3) is 2.75. The average molecular weight is 299 g/mol. The van der Waals surface area contributed by atoms with Crippen LogP contribution in [0.25, 0.3) is 0 Å². The molecule has 0 aromatic heterocycles. The molecule has 1 aliphatic carbocycles. The van der Waals surface area contributed by atoms with E-state index in [1.807, 2.05) is 6.92 Å². The van der Waals surface area contributed by atoms with Crippen molar-refractivity contribution in [2.24, 2.45) is 11.8 Å².